The zero-order valence-corrected chi connectivity index (χ0v) is 10.3. The zero-order chi connectivity index (χ0) is 12.8. The SMILES string of the molecule is COc1ccc(C(O)CNCc2ccco2)cc1. The average molecular weight is 247 g/mol. The lowest BCUT2D eigenvalue weighted by molar-refractivity contribution is 0.173. The van der Waals surface area contributed by atoms with Gasteiger partial charge < -0.3 is 19.6 Å². The standard InChI is InChI=1S/C14H17NO3/c1-17-12-6-4-11(5-7-12)14(16)10-15-9-13-3-2-8-18-13/h2-8,14-16H,9-10H2,1H3. The van der Waals surface area contributed by atoms with E-state index in [0.717, 1.165) is 17.1 Å². The largest absolute Gasteiger partial charge is 0.497 e. The van der Waals surface area contributed by atoms with Gasteiger partial charge in [-0.25, -0.2) is 0 Å². The number of ether oxygens (including phenoxy) is 1. The molecule has 1 atom stereocenters. The third-order valence-corrected chi connectivity index (χ3v) is 2.72. The fraction of sp³-hybridized carbons (Fsp3) is 0.286. The van der Waals surface area contributed by atoms with Crippen molar-refractivity contribution in [1.29, 1.82) is 0 Å². The van der Waals surface area contributed by atoms with Gasteiger partial charge in [0.1, 0.15) is 11.5 Å². The van der Waals surface area contributed by atoms with E-state index < -0.39 is 6.10 Å². The Labute approximate surface area is 106 Å². The van der Waals surface area contributed by atoms with E-state index in [1.54, 1.807) is 13.4 Å². The molecule has 0 radical (unpaired) electrons. The Bertz CT molecular complexity index is 450. The van der Waals surface area contributed by atoms with Gasteiger partial charge in [0, 0.05) is 6.54 Å². The number of nitrogens with one attached hydrogen (secondary N) is 1. The number of benzene rings is 1. The minimum Gasteiger partial charge on any atom is -0.497 e. The second-order valence-electron chi connectivity index (χ2n) is 4.00. The Morgan fingerprint density at radius 1 is 1.28 bits per heavy atom. The first kappa shape index (κ1) is 12.7. The summed E-state index contributed by atoms with van der Waals surface area (Å²) in [5.74, 6) is 1.64. The highest BCUT2D eigenvalue weighted by Crippen LogP contribution is 2.17. The molecular weight excluding hydrogens is 230 g/mol. The van der Waals surface area contributed by atoms with Crippen LogP contribution in [-0.4, -0.2) is 18.8 Å². The van der Waals surface area contributed by atoms with Crippen molar-refractivity contribution in [3.8, 4) is 5.75 Å². The van der Waals surface area contributed by atoms with Gasteiger partial charge in [0.2, 0.25) is 0 Å². The van der Waals surface area contributed by atoms with E-state index in [0.29, 0.717) is 13.1 Å². The zero-order valence-electron chi connectivity index (χ0n) is 10.3. The Balaban J connectivity index is 1.81. The fourth-order valence-electron chi connectivity index (χ4n) is 1.69. The lowest BCUT2D eigenvalue weighted by Crippen LogP contribution is -2.20. The number of furan rings is 1. The highest BCUT2D eigenvalue weighted by Gasteiger charge is 2.07. The number of rotatable bonds is 6. The van der Waals surface area contributed by atoms with Crippen molar-refractivity contribution in [3.05, 3.63) is 54.0 Å². The molecule has 4 heteroatoms. The maximum absolute atomic E-state index is 9.98. The highest BCUT2D eigenvalue weighted by atomic mass is 16.5. The minimum absolute atomic E-state index is 0.479. The quantitative estimate of drug-likeness (QED) is 0.821. The van der Waals surface area contributed by atoms with Gasteiger partial charge in [-0.3, -0.25) is 0 Å². The van der Waals surface area contributed by atoms with Crippen LogP contribution >= 0.6 is 0 Å². The molecule has 0 bridgehead atoms. The van der Waals surface area contributed by atoms with Crippen LogP contribution in [0.4, 0.5) is 0 Å². The normalized spacial score (nSPS) is 12.3. The van der Waals surface area contributed by atoms with Gasteiger partial charge in [0.25, 0.3) is 0 Å². The van der Waals surface area contributed by atoms with Crippen LogP contribution in [0.15, 0.2) is 47.1 Å². The molecule has 2 aromatic rings. The second-order valence-corrected chi connectivity index (χ2v) is 4.00. The van der Waals surface area contributed by atoms with Crippen molar-refractivity contribution < 1.29 is 14.3 Å². The molecule has 2 N–H and O–H groups in total. The summed E-state index contributed by atoms with van der Waals surface area (Å²) in [5, 5.41) is 13.1. The van der Waals surface area contributed by atoms with Gasteiger partial charge in [-0.05, 0) is 29.8 Å². The van der Waals surface area contributed by atoms with Gasteiger partial charge in [-0.1, -0.05) is 12.1 Å². The molecule has 1 aromatic carbocycles. The van der Waals surface area contributed by atoms with E-state index in [4.69, 9.17) is 9.15 Å². The average Bonchev–Trinajstić information content (AvgIpc) is 2.92. The molecule has 0 saturated heterocycles. The van der Waals surface area contributed by atoms with Crippen LogP contribution in [0, 0.1) is 0 Å². The summed E-state index contributed by atoms with van der Waals surface area (Å²) in [6, 6.07) is 11.1. The molecule has 96 valence electrons. The lowest BCUT2D eigenvalue weighted by Gasteiger charge is -2.12. The van der Waals surface area contributed by atoms with Crippen LogP contribution in [-0.2, 0) is 6.54 Å². The smallest absolute Gasteiger partial charge is 0.118 e. The minimum atomic E-state index is -0.536. The Hall–Kier alpha value is -1.78. The molecular formula is C14H17NO3. The monoisotopic (exact) mass is 247 g/mol. The first-order chi connectivity index (χ1) is 8.79. The van der Waals surface area contributed by atoms with Gasteiger partial charge in [0.15, 0.2) is 0 Å². The van der Waals surface area contributed by atoms with E-state index in [2.05, 4.69) is 5.32 Å². The molecule has 0 aliphatic carbocycles. The third kappa shape index (κ3) is 3.35. The van der Waals surface area contributed by atoms with E-state index >= 15 is 0 Å². The van der Waals surface area contributed by atoms with Crippen molar-refractivity contribution in [2.75, 3.05) is 13.7 Å². The number of hydrogen-bond acceptors (Lipinski definition) is 4. The molecule has 2 rings (SSSR count). The van der Waals surface area contributed by atoms with Crippen LogP contribution < -0.4 is 10.1 Å². The predicted octanol–water partition coefficient (Wildman–Crippen LogP) is 2.11. The Kier molecular flexibility index (Phi) is 4.39. The molecule has 0 aliphatic rings. The number of hydrogen-bond donors (Lipinski definition) is 2. The Morgan fingerprint density at radius 2 is 2.06 bits per heavy atom. The van der Waals surface area contributed by atoms with Crippen molar-refractivity contribution in [2.45, 2.75) is 12.6 Å². The summed E-state index contributed by atoms with van der Waals surface area (Å²) in [6.07, 6.45) is 1.10. The van der Waals surface area contributed by atoms with Crippen molar-refractivity contribution >= 4 is 0 Å². The first-order valence-corrected chi connectivity index (χ1v) is 5.84. The van der Waals surface area contributed by atoms with Crippen LogP contribution in [0.25, 0.3) is 0 Å². The van der Waals surface area contributed by atoms with Gasteiger partial charge >= 0.3 is 0 Å². The van der Waals surface area contributed by atoms with E-state index in [-0.39, 0.29) is 0 Å². The van der Waals surface area contributed by atoms with Crippen molar-refractivity contribution in [3.63, 3.8) is 0 Å². The maximum Gasteiger partial charge on any atom is 0.118 e. The van der Waals surface area contributed by atoms with Crippen LogP contribution in [0.1, 0.15) is 17.4 Å². The number of aliphatic hydroxyl groups is 1. The summed E-state index contributed by atoms with van der Waals surface area (Å²) in [5.41, 5.74) is 0.864. The summed E-state index contributed by atoms with van der Waals surface area (Å²) < 4.78 is 10.3. The van der Waals surface area contributed by atoms with Crippen molar-refractivity contribution in [2.24, 2.45) is 0 Å². The predicted molar refractivity (Wildman–Crippen MR) is 68.4 cm³/mol. The van der Waals surface area contributed by atoms with E-state index in [1.165, 1.54) is 0 Å². The molecule has 4 nitrogen and oxygen atoms in total. The Morgan fingerprint density at radius 3 is 2.67 bits per heavy atom. The fourth-order valence-corrected chi connectivity index (χ4v) is 1.69. The second kappa shape index (κ2) is 6.23. The van der Waals surface area contributed by atoms with Crippen LogP contribution in [0.2, 0.25) is 0 Å². The molecule has 0 amide bonds. The van der Waals surface area contributed by atoms with Crippen LogP contribution in [0.3, 0.4) is 0 Å². The third-order valence-electron chi connectivity index (χ3n) is 2.72. The molecule has 18 heavy (non-hydrogen) atoms. The molecule has 1 aromatic heterocycles. The number of aliphatic hydroxyl groups excluding tert-OH is 1. The molecule has 1 unspecified atom stereocenters. The van der Waals surface area contributed by atoms with Crippen LogP contribution in [0.5, 0.6) is 5.75 Å². The summed E-state index contributed by atoms with van der Waals surface area (Å²) in [7, 11) is 1.62. The summed E-state index contributed by atoms with van der Waals surface area (Å²) >= 11 is 0. The number of methoxy groups -OCH3 is 1. The lowest BCUT2D eigenvalue weighted by atomic mass is 10.1. The van der Waals surface area contributed by atoms with Gasteiger partial charge in [0.05, 0.1) is 26.0 Å². The van der Waals surface area contributed by atoms with E-state index in [9.17, 15) is 5.11 Å². The summed E-state index contributed by atoms with van der Waals surface area (Å²) in [4.78, 5) is 0. The molecule has 1 heterocycles. The van der Waals surface area contributed by atoms with Crippen molar-refractivity contribution in [1.82, 2.24) is 5.32 Å². The van der Waals surface area contributed by atoms with Gasteiger partial charge in [-0.2, -0.15) is 0 Å². The first-order valence-electron chi connectivity index (χ1n) is 5.84. The maximum atomic E-state index is 9.98. The summed E-state index contributed by atoms with van der Waals surface area (Å²) in [6.45, 7) is 1.09. The van der Waals surface area contributed by atoms with E-state index in [1.807, 2.05) is 36.4 Å². The molecule has 0 fully saturated rings. The molecule has 0 saturated carbocycles. The topological polar surface area (TPSA) is 54.6 Å². The molecule has 0 spiro atoms. The highest BCUT2D eigenvalue weighted by molar-refractivity contribution is 5.28. The molecule has 0 aliphatic heterocycles. The van der Waals surface area contributed by atoms with Gasteiger partial charge in [-0.15, -0.1) is 0 Å².